The molecule has 1 atom stereocenters. The van der Waals surface area contributed by atoms with Gasteiger partial charge >= 0.3 is 0 Å². The Balaban J connectivity index is 1.92. The molecule has 4 nitrogen and oxygen atoms in total. The van der Waals surface area contributed by atoms with Crippen LogP contribution in [0.5, 0.6) is 0 Å². The van der Waals surface area contributed by atoms with Gasteiger partial charge in [0, 0.05) is 18.1 Å². The largest absolute Gasteiger partial charge is 0.378 e. The first kappa shape index (κ1) is 18.2. The summed E-state index contributed by atoms with van der Waals surface area (Å²) >= 11 is 1.23. The summed E-state index contributed by atoms with van der Waals surface area (Å²) in [6.07, 6.45) is 2.27. The van der Waals surface area contributed by atoms with E-state index in [2.05, 4.69) is 9.98 Å². The van der Waals surface area contributed by atoms with Crippen LogP contribution in [0.15, 0.2) is 46.9 Å². The van der Waals surface area contributed by atoms with Crippen molar-refractivity contribution in [2.45, 2.75) is 18.9 Å². The predicted octanol–water partition coefficient (Wildman–Crippen LogP) is 3.71. The number of Topliss-reactive ketones (excluding diaryl/α,β-unsaturated/α-hetero) is 1. The minimum atomic E-state index is -1.03. The van der Waals surface area contributed by atoms with Gasteiger partial charge in [-0.3, -0.25) is 4.79 Å². The molecule has 0 aliphatic carbocycles. The summed E-state index contributed by atoms with van der Waals surface area (Å²) in [7, 11) is 0. The zero-order chi connectivity index (χ0) is 18.9. The third kappa shape index (κ3) is 3.65. The molecule has 1 aliphatic rings. The van der Waals surface area contributed by atoms with Gasteiger partial charge in [-0.05, 0) is 36.1 Å². The maximum atomic E-state index is 14.3. The zero-order valence-electron chi connectivity index (χ0n) is 13.7. The number of rotatable bonds is 4. The highest BCUT2D eigenvalue weighted by Crippen LogP contribution is 2.34. The normalized spacial score (nSPS) is 19.3. The van der Waals surface area contributed by atoms with Crippen LogP contribution in [0.4, 0.5) is 13.2 Å². The van der Waals surface area contributed by atoms with Gasteiger partial charge in [0.25, 0.3) is 0 Å². The number of hydrogen-bond acceptors (Lipinski definition) is 5. The number of nitrogens with two attached hydrogens (primary N) is 1. The van der Waals surface area contributed by atoms with Crippen LogP contribution in [0.3, 0.4) is 0 Å². The number of aromatic nitrogens is 1. The molecule has 0 radical (unpaired) electrons. The second-order valence-corrected chi connectivity index (χ2v) is 6.84. The molecule has 0 saturated carbocycles. The molecule has 0 unspecified atom stereocenters. The van der Waals surface area contributed by atoms with Gasteiger partial charge in [-0.1, -0.05) is 17.8 Å². The van der Waals surface area contributed by atoms with Gasteiger partial charge < -0.3 is 5.73 Å². The summed E-state index contributed by atoms with van der Waals surface area (Å²) in [5.41, 5.74) is 4.97. The molecular formula is C18H14F3N3OS. The quantitative estimate of drug-likeness (QED) is 0.825. The van der Waals surface area contributed by atoms with Crippen molar-refractivity contribution in [3.63, 3.8) is 0 Å². The molecule has 134 valence electrons. The average molecular weight is 377 g/mol. The second kappa shape index (κ2) is 6.95. The Bertz CT molecular complexity index is 945. The van der Waals surface area contributed by atoms with Crippen molar-refractivity contribution in [1.29, 1.82) is 0 Å². The van der Waals surface area contributed by atoms with Crippen LogP contribution in [-0.4, -0.2) is 15.9 Å². The Morgan fingerprint density at radius 1 is 1.23 bits per heavy atom. The van der Waals surface area contributed by atoms with Crippen LogP contribution in [0.2, 0.25) is 0 Å². The van der Waals surface area contributed by atoms with Crippen LogP contribution in [0.1, 0.15) is 28.5 Å². The molecule has 8 heteroatoms. The lowest BCUT2D eigenvalue weighted by Crippen LogP contribution is -2.25. The fourth-order valence-corrected chi connectivity index (χ4v) is 3.35. The van der Waals surface area contributed by atoms with Crippen LogP contribution >= 0.6 is 11.8 Å². The Labute approximate surface area is 152 Å². The molecule has 26 heavy (non-hydrogen) atoms. The zero-order valence-corrected chi connectivity index (χ0v) is 14.5. The Morgan fingerprint density at radius 2 is 2.00 bits per heavy atom. The van der Waals surface area contributed by atoms with Crippen molar-refractivity contribution in [2.24, 2.45) is 10.7 Å². The van der Waals surface area contributed by atoms with E-state index in [-0.39, 0.29) is 12.0 Å². The van der Waals surface area contributed by atoms with Crippen LogP contribution in [0.25, 0.3) is 0 Å². The lowest BCUT2D eigenvalue weighted by molar-refractivity contribution is 0.0983. The number of ketones is 1. The molecule has 2 N–H and O–H groups in total. The van der Waals surface area contributed by atoms with Gasteiger partial charge in [-0.25, -0.2) is 23.1 Å². The number of benzene rings is 1. The van der Waals surface area contributed by atoms with Crippen LogP contribution < -0.4 is 5.73 Å². The smallest absolute Gasteiger partial charge is 0.188 e. The summed E-state index contributed by atoms with van der Waals surface area (Å²) in [4.78, 5) is 20.0. The highest BCUT2D eigenvalue weighted by Gasteiger charge is 2.29. The van der Waals surface area contributed by atoms with Crippen molar-refractivity contribution in [2.75, 3.05) is 0 Å². The first-order valence-electron chi connectivity index (χ1n) is 7.61. The molecule has 0 saturated heterocycles. The highest BCUT2D eigenvalue weighted by atomic mass is 32.2. The maximum absolute atomic E-state index is 14.3. The molecule has 2 heterocycles. The van der Waals surface area contributed by atoms with E-state index in [1.807, 2.05) is 0 Å². The van der Waals surface area contributed by atoms with Crippen LogP contribution in [0, 0.1) is 17.5 Å². The van der Waals surface area contributed by atoms with E-state index in [1.165, 1.54) is 30.0 Å². The van der Waals surface area contributed by atoms with Crippen molar-refractivity contribution >= 4 is 22.7 Å². The molecule has 0 bridgehead atoms. The number of aliphatic imine (C=N–C) groups is 1. The molecule has 2 aromatic rings. The molecule has 0 spiro atoms. The van der Waals surface area contributed by atoms with Gasteiger partial charge in [0.15, 0.2) is 16.8 Å². The van der Waals surface area contributed by atoms with E-state index >= 15 is 0 Å². The van der Waals surface area contributed by atoms with E-state index in [9.17, 15) is 18.0 Å². The van der Waals surface area contributed by atoms with Crippen molar-refractivity contribution in [1.82, 2.24) is 4.98 Å². The number of carbonyl (C=O) groups is 1. The monoisotopic (exact) mass is 377 g/mol. The minimum absolute atomic E-state index is 0.212. The van der Waals surface area contributed by atoms with Gasteiger partial charge in [0.05, 0.1) is 6.20 Å². The average Bonchev–Trinajstić information content (AvgIpc) is 2.56. The fourth-order valence-electron chi connectivity index (χ4n) is 2.64. The summed E-state index contributed by atoms with van der Waals surface area (Å²) in [5, 5.41) is 2.02. The summed E-state index contributed by atoms with van der Waals surface area (Å²) in [6.45, 7) is 1.70. The molecule has 1 aromatic heterocycles. The van der Waals surface area contributed by atoms with E-state index in [1.54, 1.807) is 18.4 Å². The van der Waals surface area contributed by atoms with Gasteiger partial charge in [0.2, 0.25) is 0 Å². The molecule has 3 rings (SSSR count). The first-order valence-corrected chi connectivity index (χ1v) is 8.49. The van der Waals surface area contributed by atoms with Gasteiger partial charge in [0.1, 0.15) is 22.9 Å². The predicted molar refractivity (Wildman–Crippen MR) is 94.3 cm³/mol. The maximum Gasteiger partial charge on any atom is 0.188 e. The lowest BCUT2D eigenvalue weighted by Gasteiger charge is -2.26. The molecule has 1 aliphatic heterocycles. The van der Waals surface area contributed by atoms with E-state index < -0.39 is 34.5 Å². The minimum Gasteiger partial charge on any atom is -0.378 e. The molecular weight excluding hydrogens is 363 g/mol. The summed E-state index contributed by atoms with van der Waals surface area (Å²) in [6, 6.07) is 4.74. The Morgan fingerprint density at radius 3 is 2.69 bits per heavy atom. The molecule has 0 fully saturated rings. The Hall–Kier alpha value is -2.61. The molecule has 1 aromatic carbocycles. The topological polar surface area (TPSA) is 68.3 Å². The summed E-state index contributed by atoms with van der Waals surface area (Å²) in [5.74, 6) is -3.03. The second-order valence-electron chi connectivity index (χ2n) is 5.92. The highest BCUT2D eigenvalue weighted by molar-refractivity contribution is 8.16. The van der Waals surface area contributed by atoms with Crippen molar-refractivity contribution in [3.8, 4) is 0 Å². The van der Waals surface area contributed by atoms with Crippen molar-refractivity contribution < 1.29 is 18.0 Å². The Kier molecular flexibility index (Phi) is 4.86. The van der Waals surface area contributed by atoms with E-state index in [0.29, 0.717) is 16.8 Å². The number of hydrogen-bond donors (Lipinski definition) is 1. The number of thioether (sulfide) groups is 1. The van der Waals surface area contributed by atoms with E-state index in [0.717, 1.165) is 6.20 Å². The van der Waals surface area contributed by atoms with Crippen LogP contribution in [-0.2, 0) is 12.0 Å². The SMILES string of the molecule is C[C@@]1(c2cc(CC(=O)c3ncc(F)cc3F)ccc2F)C=CSC(N)=N1. The fraction of sp³-hybridized carbons (Fsp3) is 0.167. The van der Waals surface area contributed by atoms with Gasteiger partial charge in [-0.15, -0.1) is 0 Å². The van der Waals surface area contributed by atoms with E-state index in [4.69, 9.17) is 5.73 Å². The standard InChI is InChI=1S/C18H14F3N3OS/c1-18(4-5-26-17(22)24-18)12-6-10(2-3-13(12)20)7-15(25)16-14(21)8-11(19)9-23-16/h2-6,8-9H,7H2,1H3,(H2,22,24)/t18-/m0/s1. The molecule has 0 amide bonds. The number of amidine groups is 1. The number of nitrogens with zero attached hydrogens (tertiary/aromatic N) is 2. The summed E-state index contributed by atoms with van der Waals surface area (Å²) < 4.78 is 41.0. The van der Waals surface area contributed by atoms with Crippen molar-refractivity contribution in [3.05, 3.63) is 76.2 Å². The number of halogens is 3. The number of pyridine rings is 1. The number of carbonyl (C=O) groups excluding carboxylic acids is 1. The third-order valence-corrected chi connectivity index (χ3v) is 4.54. The lowest BCUT2D eigenvalue weighted by atomic mass is 9.90. The third-order valence-electron chi connectivity index (χ3n) is 3.94. The van der Waals surface area contributed by atoms with Gasteiger partial charge in [-0.2, -0.15) is 0 Å². The first-order chi connectivity index (χ1) is 12.3.